The predicted molar refractivity (Wildman–Crippen MR) is 77.1 cm³/mol. The van der Waals surface area contributed by atoms with Crippen LogP contribution in [0.5, 0.6) is 0 Å². The Bertz CT molecular complexity index is 516. The lowest BCUT2D eigenvalue weighted by atomic mass is 10.1. The number of hydrazine groups is 1. The number of benzene rings is 1. The van der Waals surface area contributed by atoms with Crippen LogP contribution in [0.25, 0.3) is 0 Å². The van der Waals surface area contributed by atoms with Gasteiger partial charge in [-0.25, -0.2) is 0 Å². The molecule has 0 aromatic heterocycles. The lowest BCUT2D eigenvalue weighted by molar-refractivity contribution is -0.137. The van der Waals surface area contributed by atoms with Crippen LogP contribution in [0.4, 0.5) is 18.9 Å². The Balaban J connectivity index is 2.13. The molecule has 1 aromatic rings. The van der Waals surface area contributed by atoms with E-state index in [-0.39, 0.29) is 11.3 Å². The van der Waals surface area contributed by atoms with Crippen molar-refractivity contribution < 1.29 is 18.0 Å². The van der Waals surface area contributed by atoms with Gasteiger partial charge in [0.15, 0.2) is 0 Å². The van der Waals surface area contributed by atoms with E-state index >= 15 is 0 Å². The van der Waals surface area contributed by atoms with E-state index < -0.39 is 17.6 Å². The zero-order chi connectivity index (χ0) is 15.5. The van der Waals surface area contributed by atoms with Crippen LogP contribution in [0, 0.1) is 0 Å². The van der Waals surface area contributed by atoms with Crippen molar-refractivity contribution in [2.45, 2.75) is 24.3 Å². The number of halogens is 3. The van der Waals surface area contributed by atoms with Crippen molar-refractivity contribution >= 4 is 23.4 Å². The maximum Gasteiger partial charge on any atom is 0.416 e. The standard InChI is InChI=1S/C13H16F3N3OS/c14-13(15,16)8-3-4-11(19-17)10(6-8)12(20)18-7-9-2-1-5-21-9/h3-4,6,9,19H,1-2,5,7,17H2,(H,18,20). The number of nitrogen functional groups attached to an aromatic ring is 1. The van der Waals surface area contributed by atoms with Crippen molar-refractivity contribution in [1.82, 2.24) is 5.32 Å². The summed E-state index contributed by atoms with van der Waals surface area (Å²) in [6, 6.07) is 2.85. The van der Waals surface area contributed by atoms with E-state index in [1.54, 1.807) is 11.8 Å². The molecule has 1 fully saturated rings. The number of carbonyl (C=O) groups excluding carboxylic acids is 1. The maximum absolute atomic E-state index is 12.7. The van der Waals surface area contributed by atoms with Crippen molar-refractivity contribution in [3.8, 4) is 0 Å². The number of nitrogens with two attached hydrogens (primary N) is 1. The minimum atomic E-state index is -4.50. The minimum Gasteiger partial charge on any atom is -0.351 e. The highest BCUT2D eigenvalue weighted by atomic mass is 32.2. The van der Waals surface area contributed by atoms with E-state index in [4.69, 9.17) is 5.84 Å². The summed E-state index contributed by atoms with van der Waals surface area (Å²) >= 11 is 1.76. The smallest absolute Gasteiger partial charge is 0.351 e. The van der Waals surface area contributed by atoms with Gasteiger partial charge in [0.1, 0.15) is 0 Å². The second kappa shape index (κ2) is 6.57. The normalized spacial score (nSPS) is 18.6. The molecule has 1 amide bonds. The maximum atomic E-state index is 12.7. The summed E-state index contributed by atoms with van der Waals surface area (Å²) in [7, 11) is 0. The highest BCUT2D eigenvalue weighted by molar-refractivity contribution is 8.00. The summed E-state index contributed by atoms with van der Waals surface area (Å²) < 4.78 is 38.1. The number of carbonyl (C=O) groups is 1. The Hall–Kier alpha value is -1.41. The number of alkyl halides is 3. The Morgan fingerprint density at radius 3 is 2.76 bits per heavy atom. The number of hydrogen-bond donors (Lipinski definition) is 3. The monoisotopic (exact) mass is 319 g/mol. The molecule has 4 nitrogen and oxygen atoms in total. The van der Waals surface area contributed by atoms with Gasteiger partial charge in [0.2, 0.25) is 0 Å². The zero-order valence-corrected chi connectivity index (χ0v) is 12.0. The van der Waals surface area contributed by atoms with Gasteiger partial charge in [0.25, 0.3) is 5.91 Å². The first-order valence-corrected chi connectivity index (χ1v) is 7.54. The fourth-order valence-electron chi connectivity index (χ4n) is 2.14. The SMILES string of the molecule is NNc1ccc(C(F)(F)F)cc1C(=O)NCC1CCCS1. The van der Waals surface area contributed by atoms with E-state index in [1.165, 1.54) is 0 Å². The Morgan fingerprint density at radius 2 is 2.19 bits per heavy atom. The van der Waals surface area contributed by atoms with Gasteiger partial charge in [-0.2, -0.15) is 24.9 Å². The highest BCUT2D eigenvalue weighted by Crippen LogP contribution is 2.32. The molecule has 1 aliphatic rings. The number of thioether (sulfide) groups is 1. The highest BCUT2D eigenvalue weighted by Gasteiger charge is 2.31. The summed E-state index contributed by atoms with van der Waals surface area (Å²) in [6.45, 7) is 0.448. The van der Waals surface area contributed by atoms with Gasteiger partial charge < -0.3 is 10.7 Å². The van der Waals surface area contributed by atoms with E-state index in [0.717, 1.165) is 36.8 Å². The van der Waals surface area contributed by atoms with Crippen LogP contribution in [-0.2, 0) is 6.18 Å². The van der Waals surface area contributed by atoms with Crippen LogP contribution in [0.3, 0.4) is 0 Å². The molecule has 0 radical (unpaired) electrons. The van der Waals surface area contributed by atoms with Crippen molar-refractivity contribution in [1.29, 1.82) is 0 Å². The van der Waals surface area contributed by atoms with Crippen LogP contribution in [0.15, 0.2) is 18.2 Å². The molecule has 8 heteroatoms. The van der Waals surface area contributed by atoms with Gasteiger partial charge in [-0.15, -0.1) is 0 Å². The van der Waals surface area contributed by atoms with Crippen LogP contribution in [-0.4, -0.2) is 23.5 Å². The molecule has 1 unspecified atom stereocenters. The third-order valence-electron chi connectivity index (χ3n) is 3.26. The fraction of sp³-hybridized carbons (Fsp3) is 0.462. The number of anilines is 1. The van der Waals surface area contributed by atoms with Gasteiger partial charge in [-0.1, -0.05) is 0 Å². The van der Waals surface area contributed by atoms with E-state index in [1.807, 2.05) is 0 Å². The van der Waals surface area contributed by atoms with Crippen molar-refractivity contribution in [3.63, 3.8) is 0 Å². The second-order valence-corrected chi connectivity index (χ2v) is 6.16. The number of rotatable bonds is 4. The predicted octanol–water partition coefficient (Wildman–Crippen LogP) is 2.62. The lowest BCUT2D eigenvalue weighted by Crippen LogP contribution is -2.31. The average molecular weight is 319 g/mol. The number of amides is 1. The molecule has 4 N–H and O–H groups in total. The first-order valence-electron chi connectivity index (χ1n) is 6.49. The van der Waals surface area contributed by atoms with E-state index in [9.17, 15) is 18.0 Å². The molecule has 0 saturated carbocycles. The van der Waals surface area contributed by atoms with Gasteiger partial charge in [0.05, 0.1) is 16.8 Å². The molecule has 1 aromatic carbocycles. The first kappa shape index (κ1) is 16.0. The Labute approximate surface area is 124 Å². The van der Waals surface area contributed by atoms with Crippen LogP contribution >= 0.6 is 11.8 Å². The average Bonchev–Trinajstić information content (AvgIpc) is 2.96. The van der Waals surface area contributed by atoms with Gasteiger partial charge in [-0.3, -0.25) is 10.6 Å². The molecular formula is C13H16F3N3OS. The lowest BCUT2D eigenvalue weighted by Gasteiger charge is -2.14. The summed E-state index contributed by atoms with van der Waals surface area (Å²) in [4.78, 5) is 12.1. The number of nitrogens with one attached hydrogen (secondary N) is 2. The molecule has 1 atom stereocenters. The summed E-state index contributed by atoms with van der Waals surface area (Å²) in [5.74, 6) is 5.75. The van der Waals surface area contributed by atoms with Crippen molar-refractivity contribution in [3.05, 3.63) is 29.3 Å². The third kappa shape index (κ3) is 4.04. The summed E-state index contributed by atoms with van der Waals surface area (Å²) in [5.41, 5.74) is 1.44. The molecular weight excluding hydrogens is 303 g/mol. The summed E-state index contributed by atoms with van der Waals surface area (Å²) in [6.07, 6.45) is -2.39. The van der Waals surface area contributed by atoms with E-state index in [2.05, 4.69) is 10.7 Å². The molecule has 1 heterocycles. The molecule has 21 heavy (non-hydrogen) atoms. The van der Waals surface area contributed by atoms with Crippen molar-refractivity contribution in [2.75, 3.05) is 17.7 Å². The van der Waals surface area contributed by atoms with E-state index in [0.29, 0.717) is 11.8 Å². The van der Waals surface area contributed by atoms with Crippen molar-refractivity contribution in [2.24, 2.45) is 5.84 Å². The Kier molecular flexibility index (Phi) is 5.00. The first-order chi connectivity index (χ1) is 9.91. The quantitative estimate of drug-likeness (QED) is 0.589. The molecule has 116 valence electrons. The summed E-state index contributed by atoms with van der Waals surface area (Å²) in [5, 5.41) is 3.00. The topological polar surface area (TPSA) is 67.1 Å². The fourth-order valence-corrected chi connectivity index (χ4v) is 3.34. The van der Waals surface area contributed by atoms with Crippen LogP contribution < -0.4 is 16.6 Å². The van der Waals surface area contributed by atoms with Gasteiger partial charge >= 0.3 is 6.18 Å². The van der Waals surface area contributed by atoms with Crippen LogP contribution in [0.2, 0.25) is 0 Å². The molecule has 0 aliphatic carbocycles. The molecule has 0 bridgehead atoms. The third-order valence-corrected chi connectivity index (χ3v) is 4.66. The molecule has 1 saturated heterocycles. The zero-order valence-electron chi connectivity index (χ0n) is 11.2. The van der Waals surface area contributed by atoms with Gasteiger partial charge in [0, 0.05) is 11.8 Å². The second-order valence-electron chi connectivity index (χ2n) is 4.75. The molecule has 0 spiro atoms. The largest absolute Gasteiger partial charge is 0.416 e. The molecule has 2 rings (SSSR count). The van der Waals surface area contributed by atoms with Crippen LogP contribution in [0.1, 0.15) is 28.8 Å². The Morgan fingerprint density at radius 1 is 1.43 bits per heavy atom. The van der Waals surface area contributed by atoms with Gasteiger partial charge in [-0.05, 0) is 36.8 Å². The number of hydrogen-bond acceptors (Lipinski definition) is 4. The minimum absolute atomic E-state index is 0.102. The molecule has 1 aliphatic heterocycles.